The summed E-state index contributed by atoms with van der Waals surface area (Å²) in [5, 5.41) is 7.53. The third-order valence-corrected chi connectivity index (χ3v) is 5.85. The average Bonchev–Trinajstić information content (AvgIpc) is 3.25. The van der Waals surface area contributed by atoms with Crippen LogP contribution < -0.4 is 16.8 Å². The highest BCUT2D eigenvalue weighted by molar-refractivity contribution is 6.31. The number of aromatic nitrogens is 2. The number of fused-ring (bicyclic) bond motifs is 3. The van der Waals surface area contributed by atoms with E-state index in [2.05, 4.69) is 15.4 Å². The molecule has 1 unspecified atom stereocenters. The minimum Gasteiger partial charge on any atom is -0.459 e. The van der Waals surface area contributed by atoms with E-state index in [0.717, 1.165) is 6.54 Å². The number of nitrogens with zero attached hydrogens (tertiary/aromatic N) is 3. The third kappa shape index (κ3) is 6.83. The second-order valence-electron chi connectivity index (χ2n) is 8.84. The lowest BCUT2D eigenvalue weighted by Gasteiger charge is -2.15. The highest BCUT2D eigenvalue weighted by Crippen LogP contribution is 2.28. The Morgan fingerprint density at radius 1 is 1.18 bits per heavy atom. The number of rotatable bonds is 7. The monoisotopic (exact) mass is 542 g/mol. The Bertz CT molecular complexity index is 1320. The summed E-state index contributed by atoms with van der Waals surface area (Å²) in [6, 6.07) is 12.5. The molecule has 1 atom stereocenters. The first-order valence-corrected chi connectivity index (χ1v) is 12.6. The van der Waals surface area contributed by atoms with Crippen LogP contribution in [0.25, 0.3) is 5.69 Å². The van der Waals surface area contributed by atoms with E-state index in [1.165, 1.54) is 6.07 Å². The van der Waals surface area contributed by atoms with Crippen molar-refractivity contribution >= 4 is 29.2 Å². The van der Waals surface area contributed by atoms with Crippen LogP contribution in [-0.2, 0) is 16.1 Å². The lowest BCUT2D eigenvalue weighted by Crippen LogP contribution is -2.44. The van der Waals surface area contributed by atoms with E-state index < -0.39 is 17.8 Å². The number of carbonyl (C=O) groups is 2. The molecular formula is C27H32ClFN6O3. The zero-order valence-electron chi connectivity index (χ0n) is 21.6. The largest absolute Gasteiger partial charge is 0.459 e. The van der Waals surface area contributed by atoms with Crippen molar-refractivity contribution in [2.75, 3.05) is 19.7 Å². The molecule has 1 amide bonds. The van der Waals surface area contributed by atoms with E-state index in [1.54, 1.807) is 47.1 Å². The van der Waals surface area contributed by atoms with Crippen molar-refractivity contribution < 1.29 is 18.7 Å². The van der Waals surface area contributed by atoms with Gasteiger partial charge in [0, 0.05) is 16.1 Å². The van der Waals surface area contributed by atoms with Gasteiger partial charge in [0.05, 0.1) is 36.2 Å². The van der Waals surface area contributed by atoms with Crippen molar-refractivity contribution in [3.05, 3.63) is 81.9 Å². The fraction of sp³-hybridized carbons (Fsp3) is 0.333. The molecule has 2 heterocycles. The van der Waals surface area contributed by atoms with Gasteiger partial charge in [-0.2, -0.15) is 5.10 Å². The molecule has 9 nitrogen and oxygen atoms in total. The lowest BCUT2D eigenvalue weighted by molar-refractivity contribution is -0.123. The van der Waals surface area contributed by atoms with Crippen LogP contribution >= 0.6 is 11.6 Å². The van der Waals surface area contributed by atoms with Crippen LogP contribution in [0.4, 0.5) is 4.39 Å². The highest BCUT2D eigenvalue weighted by Gasteiger charge is 2.24. The van der Waals surface area contributed by atoms with Gasteiger partial charge in [0.1, 0.15) is 12.4 Å². The first-order valence-electron chi connectivity index (χ1n) is 12.3. The van der Waals surface area contributed by atoms with Crippen molar-refractivity contribution in [1.29, 1.82) is 0 Å². The second kappa shape index (κ2) is 13.3. The smallest absolute Gasteiger partial charge is 0.358 e. The van der Waals surface area contributed by atoms with Gasteiger partial charge in [-0.25, -0.2) is 13.9 Å². The standard InChI is InChI=1S/C25H25ClFN5O3.C2H7N/c1-14(2)22(28)24(33)29-9-10-35-25(34)20-12-16-13-30-23(17-5-3-4-6-19(17)27)18-11-15(26)7-8-21(18)32(16)31-20;1-2-3/h3-8,11-12,14,22H,9-10,13,28H2,1-2H3,(H,29,33);2-3H2,1H3. The summed E-state index contributed by atoms with van der Waals surface area (Å²) in [6.45, 7) is 6.62. The number of amides is 1. The molecule has 202 valence electrons. The number of benzene rings is 2. The number of nitrogens with two attached hydrogens (primary N) is 2. The quantitative estimate of drug-likeness (QED) is 0.309. The van der Waals surface area contributed by atoms with Crippen molar-refractivity contribution in [1.82, 2.24) is 15.1 Å². The van der Waals surface area contributed by atoms with Gasteiger partial charge in [-0.1, -0.05) is 44.5 Å². The van der Waals surface area contributed by atoms with E-state index in [-0.39, 0.29) is 37.2 Å². The van der Waals surface area contributed by atoms with Gasteiger partial charge in [0.2, 0.25) is 5.91 Å². The normalized spacial score (nSPS) is 12.8. The molecule has 3 aromatic rings. The molecule has 0 fully saturated rings. The van der Waals surface area contributed by atoms with E-state index in [1.807, 2.05) is 20.8 Å². The van der Waals surface area contributed by atoms with E-state index in [9.17, 15) is 14.0 Å². The van der Waals surface area contributed by atoms with Crippen LogP contribution in [-0.4, -0.2) is 53.1 Å². The molecule has 0 aliphatic carbocycles. The van der Waals surface area contributed by atoms with E-state index in [4.69, 9.17) is 27.8 Å². The predicted octanol–water partition coefficient (Wildman–Crippen LogP) is 3.24. The predicted molar refractivity (Wildman–Crippen MR) is 145 cm³/mol. The summed E-state index contributed by atoms with van der Waals surface area (Å²) in [7, 11) is 0. The topological polar surface area (TPSA) is 138 Å². The molecule has 1 aliphatic heterocycles. The fourth-order valence-corrected chi connectivity index (χ4v) is 3.84. The van der Waals surface area contributed by atoms with Crippen molar-refractivity contribution in [2.45, 2.75) is 33.4 Å². The molecule has 1 aliphatic rings. The first-order chi connectivity index (χ1) is 18.2. The Kier molecular flexibility index (Phi) is 10.1. The number of ether oxygens (including phenoxy) is 1. The van der Waals surface area contributed by atoms with Crippen molar-refractivity contribution in [2.24, 2.45) is 22.4 Å². The number of carbonyl (C=O) groups excluding carboxylic acids is 2. The van der Waals surface area contributed by atoms with Crippen LogP contribution in [0.2, 0.25) is 5.02 Å². The Balaban J connectivity index is 0.00000127. The molecule has 0 saturated carbocycles. The molecule has 11 heteroatoms. The minimum atomic E-state index is -0.637. The van der Waals surface area contributed by atoms with Gasteiger partial charge < -0.3 is 21.5 Å². The van der Waals surface area contributed by atoms with Crippen LogP contribution in [0, 0.1) is 11.7 Å². The average molecular weight is 543 g/mol. The number of hydrogen-bond donors (Lipinski definition) is 3. The summed E-state index contributed by atoms with van der Waals surface area (Å²) in [4.78, 5) is 29.1. The molecule has 5 N–H and O–H groups in total. The highest BCUT2D eigenvalue weighted by atomic mass is 35.5. The first kappa shape index (κ1) is 29.0. The van der Waals surface area contributed by atoms with Crippen molar-refractivity contribution in [3.8, 4) is 5.69 Å². The minimum absolute atomic E-state index is 0.00202. The number of halogens is 2. The van der Waals surface area contributed by atoms with Gasteiger partial charge in [0.15, 0.2) is 5.69 Å². The molecule has 0 spiro atoms. The number of hydrogen-bond acceptors (Lipinski definition) is 7. The molecular weight excluding hydrogens is 511 g/mol. The third-order valence-electron chi connectivity index (χ3n) is 5.62. The zero-order valence-corrected chi connectivity index (χ0v) is 22.3. The molecule has 2 aromatic carbocycles. The summed E-state index contributed by atoms with van der Waals surface area (Å²) >= 11 is 6.24. The molecule has 0 radical (unpaired) electrons. The van der Waals surface area contributed by atoms with Gasteiger partial charge in [0.25, 0.3) is 0 Å². The molecule has 0 saturated heterocycles. The maximum atomic E-state index is 14.6. The maximum absolute atomic E-state index is 14.6. The van der Waals surface area contributed by atoms with Gasteiger partial charge >= 0.3 is 5.97 Å². The SMILES string of the molecule is CC(C)C(N)C(=O)NCCOC(=O)c1cc2n(n1)-c1ccc(Cl)cc1C(c1ccccc1F)=NC2.CCN. The summed E-state index contributed by atoms with van der Waals surface area (Å²) in [5.41, 5.74) is 13.4. The van der Waals surface area contributed by atoms with E-state index >= 15 is 0 Å². The van der Waals surface area contributed by atoms with Crippen LogP contribution in [0.3, 0.4) is 0 Å². The zero-order chi connectivity index (χ0) is 27.8. The fourth-order valence-electron chi connectivity index (χ4n) is 3.66. The summed E-state index contributed by atoms with van der Waals surface area (Å²) < 4.78 is 21.4. The molecule has 38 heavy (non-hydrogen) atoms. The second-order valence-corrected chi connectivity index (χ2v) is 9.28. The van der Waals surface area contributed by atoms with Gasteiger partial charge in [-0.3, -0.25) is 9.79 Å². The maximum Gasteiger partial charge on any atom is 0.358 e. The van der Waals surface area contributed by atoms with Gasteiger partial charge in [-0.15, -0.1) is 0 Å². The Morgan fingerprint density at radius 3 is 2.58 bits per heavy atom. The summed E-state index contributed by atoms with van der Waals surface area (Å²) in [5.74, 6) is -1.34. The lowest BCUT2D eigenvalue weighted by atomic mass is 10.00. The molecule has 0 bridgehead atoms. The molecule has 1 aromatic heterocycles. The van der Waals surface area contributed by atoms with Crippen LogP contribution in [0.15, 0.2) is 53.5 Å². The van der Waals surface area contributed by atoms with E-state index in [0.29, 0.717) is 33.2 Å². The van der Waals surface area contributed by atoms with Crippen LogP contribution in [0.5, 0.6) is 0 Å². The number of esters is 1. The molecule has 4 rings (SSSR count). The van der Waals surface area contributed by atoms with Crippen molar-refractivity contribution in [3.63, 3.8) is 0 Å². The number of nitrogens with one attached hydrogen (secondary N) is 1. The Labute approximate surface area is 226 Å². The van der Waals surface area contributed by atoms with Gasteiger partial charge in [-0.05, 0) is 48.9 Å². The Morgan fingerprint density at radius 2 is 1.89 bits per heavy atom. The Hall–Kier alpha value is -3.60. The van der Waals surface area contributed by atoms with Crippen LogP contribution in [0.1, 0.15) is 48.1 Å². The number of aliphatic imine (C=N–C) groups is 1. The summed E-state index contributed by atoms with van der Waals surface area (Å²) in [6.07, 6.45) is 0.